The van der Waals surface area contributed by atoms with Crippen molar-refractivity contribution >= 4 is 23.2 Å². The molecule has 1 amide bonds. The zero-order valence-electron chi connectivity index (χ0n) is 9.31. The maximum atomic E-state index is 13.3. The van der Waals surface area contributed by atoms with E-state index in [1.807, 2.05) is 6.07 Å². The number of anilines is 1. The smallest absolute Gasteiger partial charge is 0.247 e. The molecule has 3 nitrogen and oxygen atoms in total. The van der Waals surface area contributed by atoms with Crippen LogP contribution in [0.3, 0.4) is 0 Å². The summed E-state index contributed by atoms with van der Waals surface area (Å²) in [6, 6.07) is 10.2. The van der Waals surface area contributed by atoms with E-state index in [2.05, 4.69) is 10.3 Å². The van der Waals surface area contributed by atoms with Crippen LogP contribution in [0.15, 0.2) is 48.8 Å². The van der Waals surface area contributed by atoms with Crippen molar-refractivity contribution in [2.75, 3.05) is 5.32 Å². The van der Waals surface area contributed by atoms with Crippen molar-refractivity contribution in [2.24, 2.45) is 0 Å². The molecule has 1 aromatic heterocycles. The van der Waals surface area contributed by atoms with Crippen LogP contribution in [-0.2, 0) is 4.79 Å². The topological polar surface area (TPSA) is 42.0 Å². The number of amides is 1. The number of pyridine rings is 1. The third-order valence-corrected chi connectivity index (χ3v) is 2.80. The molecule has 92 valence electrons. The lowest BCUT2D eigenvalue weighted by Crippen LogP contribution is -2.18. The van der Waals surface area contributed by atoms with Gasteiger partial charge in [0, 0.05) is 6.20 Å². The summed E-state index contributed by atoms with van der Waals surface area (Å²) < 4.78 is 13.3. The molecular weight excluding hydrogens is 255 g/mol. The highest BCUT2D eigenvalue weighted by atomic mass is 35.5. The predicted molar refractivity (Wildman–Crippen MR) is 67.9 cm³/mol. The van der Waals surface area contributed by atoms with Gasteiger partial charge in [0.15, 0.2) is 5.82 Å². The second-order valence-electron chi connectivity index (χ2n) is 3.62. The van der Waals surface area contributed by atoms with Gasteiger partial charge in [-0.3, -0.25) is 9.78 Å². The Balaban J connectivity index is 2.12. The number of halogens is 2. The molecule has 1 unspecified atom stereocenters. The quantitative estimate of drug-likeness (QED) is 0.866. The summed E-state index contributed by atoms with van der Waals surface area (Å²) in [7, 11) is 0. The maximum absolute atomic E-state index is 13.3. The molecule has 1 atom stereocenters. The number of aromatic nitrogens is 1. The maximum Gasteiger partial charge on any atom is 0.247 e. The van der Waals surface area contributed by atoms with Gasteiger partial charge in [-0.05, 0) is 11.6 Å². The molecule has 0 aliphatic carbocycles. The van der Waals surface area contributed by atoms with Crippen LogP contribution in [0.5, 0.6) is 0 Å². The molecule has 0 radical (unpaired) electrons. The van der Waals surface area contributed by atoms with E-state index in [9.17, 15) is 9.18 Å². The van der Waals surface area contributed by atoms with E-state index in [1.54, 1.807) is 24.3 Å². The van der Waals surface area contributed by atoms with E-state index >= 15 is 0 Å². The van der Waals surface area contributed by atoms with Crippen LogP contribution < -0.4 is 5.32 Å². The number of hydrogen-bond acceptors (Lipinski definition) is 2. The Morgan fingerprint density at radius 2 is 2.00 bits per heavy atom. The highest BCUT2D eigenvalue weighted by Crippen LogP contribution is 2.22. The molecule has 0 aliphatic rings. The van der Waals surface area contributed by atoms with E-state index in [0.717, 1.165) is 6.20 Å². The molecule has 0 saturated heterocycles. The fraction of sp³-hybridized carbons (Fsp3) is 0.0769. The van der Waals surface area contributed by atoms with Crippen LogP contribution in [0, 0.1) is 5.82 Å². The monoisotopic (exact) mass is 264 g/mol. The van der Waals surface area contributed by atoms with Crippen LogP contribution in [0.25, 0.3) is 0 Å². The van der Waals surface area contributed by atoms with Crippen LogP contribution in [-0.4, -0.2) is 10.9 Å². The van der Waals surface area contributed by atoms with Gasteiger partial charge in [0.25, 0.3) is 0 Å². The molecule has 0 bridgehead atoms. The predicted octanol–water partition coefficient (Wildman–Crippen LogP) is 3.14. The summed E-state index contributed by atoms with van der Waals surface area (Å²) in [4.78, 5) is 15.4. The molecule has 1 aromatic carbocycles. The van der Waals surface area contributed by atoms with Crippen molar-refractivity contribution in [1.29, 1.82) is 0 Å². The van der Waals surface area contributed by atoms with Gasteiger partial charge in [0.1, 0.15) is 5.38 Å². The SMILES string of the molecule is O=C(Nc1ccncc1F)C(Cl)c1ccccc1. The minimum absolute atomic E-state index is 0.0663. The molecule has 5 heteroatoms. The average Bonchev–Trinajstić information content (AvgIpc) is 2.41. The number of benzene rings is 1. The zero-order chi connectivity index (χ0) is 13.0. The summed E-state index contributed by atoms with van der Waals surface area (Å²) in [5.74, 6) is -1.07. The van der Waals surface area contributed by atoms with E-state index in [4.69, 9.17) is 11.6 Å². The standard InChI is InChI=1S/C13H10ClFN2O/c14-12(9-4-2-1-3-5-9)13(18)17-11-6-7-16-8-10(11)15/h1-8,12H,(H,16,17,18). The lowest BCUT2D eigenvalue weighted by molar-refractivity contribution is -0.116. The minimum Gasteiger partial charge on any atom is -0.322 e. The van der Waals surface area contributed by atoms with Gasteiger partial charge >= 0.3 is 0 Å². The first-order chi connectivity index (χ1) is 8.68. The largest absolute Gasteiger partial charge is 0.322 e. The molecule has 2 rings (SSSR count). The summed E-state index contributed by atoms with van der Waals surface area (Å²) in [5.41, 5.74) is 0.725. The van der Waals surface area contributed by atoms with Gasteiger partial charge < -0.3 is 5.32 Å². The normalized spacial score (nSPS) is 11.9. The lowest BCUT2D eigenvalue weighted by atomic mass is 10.1. The minimum atomic E-state index is -0.862. The number of rotatable bonds is 3. The third kappa shape index (κ3) is 2.84. The summed E-state index contributed by atoms with van der Waals surface area (Å²) >= 11 is 6.01. The number of hydrogen-bond donors (Lipinski definition) is 1. The first-order valence-corrected chi connectivity index (χ1v) is 5.71. The molecule has 0 saturated carbocycles. The molecular formula is C13H10ClFN2O. The third-order valence-electron chi connectivity index (χ3n) is 2.35. The van der Waals surface area contributed by atoms with Crippen molar-refractivity contribution in [3.63, 3.8) is 0 Å². The highest BCUT2D eigenvalue weighted by molar-refractivity contribution is 6.32. The summed E-state index contributed by atoms with van der Waals surface area (Å²) in [5, 5.41) is 1.56. The first-order valence-electron chi connectivity index (χ1n) is 5.28. The number of carbonyl (C=O) groups excluding carboxylic acids is 1. The fourth-order valence-electron chi connectivity index (χ4n) is 1.45. The van der Waals surface area contributed by atoms with Crippen molar-refractivity contribution < 1.29 is 9.18 Å². The summed E-state index contributed by atoms with van der Waals surface area (Å²) in [6.45, 7) is 0. The van der Waals surface area contributed by atoms with Crippen molar-refractivity contribution in [3.8, 4) is 0 Å². The fourth-order valence-corrected chi connectivity index (χ4v) is 1.65. The first kappa shape index (κ1) is 12.5. The molecule has 1 heterocycles. The van der Waals surface area contributed by atoms with E-state index in [0.29, 0.717) is 5.56 Å². The van der Waals surface area contributed by atoms with Gasteiger partial charge in [0.05, 0.1) is 11.9 Å². The van der Waals surface area contributed by atoms with Gasteiger partial charge in [-0.2, -0.15) is 0 Å². The summed E-state index contributed by atoms with van der Waals surface area (Å²) in [6.07, 6.45) is 2.42. The van der Waals surface area contributed by atoms with Crippen LogP contribution in [0.1, 0.15) is 10.9 Å². The Labute approximate surface area is 109 Å². The molecule has 0 fully saturated rings. The number of alkyl halides is 1. The van der Waals surface area contributed by atoms with E-state index < -0.39 is 17.1 Å². The Hall–Kier alpha value is -1.94. The number of carbonyl (C=O) groups is 1. The molecule has 0 aliphatic heterocycles. The van der Waals surface area contributed by atoms with Gasteiger partial charge in [0.2, 0.25) is 5.91 Å². The molecule has 0 spiro atoms. The molecule has 18 heavy (non-hydrogen) atoms. The zero-order valence-corrected chi connectivity index (χ0v) is 10.1. The molecule has 1 N–H and O–H groups in total. The lowest BCUT2D eigenvalue weighted by Gasteiger charge is -2.11. The highest BCUT2D eigenvalue weighted by Gasteiger charge is 2.18. The van der Waals surface area contributed by atoms with Crippen molar-refractivity contribution in [1.82, 2.24) is 4.98 Å². The van der Waals surface area contributed by atoms with Crippen LogP contribution >= 0.6 is 11.6 Å². The van der Waals surface area contributed by atoms with Crippen LogP contribution in [0.2, 0.25) is 0 Å². The number of nitrogens with one attached hydrogen (secondary N) is 1. The van der Waals surface area contributed by atoms with Gasteiger partial charge in [-0.15, -0.1) is 11.6 Å². The molecule has 2 aromatic rings. The number of nitrogens with zero attached hydrogens (tertiary/aromatic N) is 1. The van der Waals surface area contributed by atoms with Gasteiger partial charge in [-0.1, -0.05) is 30.3 Å². The Bertz CT molecular complexity index is 548. The van der Waals surface area contributed by atoms with E-state index in [-0.39, 0.29) is 5.69 Å². The average molecular weight is 265 g/mol. The van der Waals surface area contributed by atoms with Gasteiger partial charge in [-0.25, -0.2) is 4.39 Å². The van der Waals surface area contributed by atoms with E-state index in [1.165, 1.54) is 12.3 Å². The van der Waals surface area contributed by atoms with Crippen LogP contribution in [0.4, 0.5) is 10.1 Å². The second kappa shape index (κ2) is 5.60. The Morgan fingerprint density at radius 1 is 1.28 bits per heavy atom. The Kier molecular flexibility index (Phi) is 3.89. The second-order valence-corrected chi connectivity index (χ2v) is 4.05. The van der Waals surface area contributed by atoms with Crippen molar-refractivity contribution in [2.45, 2.75) is 5.38 Å². The van der Waals surface area contributed by atoms with Crippen molar-refractivity contribution in [3.05, 3.63) is 60.2 Å². The Morgan fingerprint density at radius 3 is 2.67 bits per heavy atom.